The molecule has 0 aliphatic rings. The fourth-order valence-corrected chi connectivity index (χ4v) is 3.02. The molecule has 0 aromatic heterocycles. The molecule has 1 aromatic rings. The summed E-state index contributed by atoms with van der Waals surface area (Å²) in [5.41, 5.74) is 12.2. The summed E-state index contributed by atoms with van der Waals surface area (Å²) in [6.45, 7) is 5.29. The third-order valence-corrected chi connectivity index (χ3v) is 4.89. The number of amides is 1. The quantitative estimate of drug-likeness (QED) is 0.343. The Labute approximate surface area is 178 Å². The molecule has 1 amide bonds. The normalized spacial score (nSPS) is 15.3. The Morgan fingerprint density at radius 2 is 1.73 bits per heavy atom. The number of hydrogen-bond acceptors (Lipinski definition) is 7. The molecule has 0 aliphatic carbocycles. The predicted molar refractivity (Wildman–Crippen MR) is 114 cm³/mol. The van der Waals surface area contributed by atoms with Gasteiger partial charge in [-0.2, -0.15) is 0 Å². The number of carbonyl (C=O) groups excluding carboxylic acids is 3. The van der Waals surface area contributed by atoms with Crippen molar-refractivity contribution in [2.45, 2.75) is 58.5 Å². The number of hydrogen-bond donors (Lipinski definition) is 4. The van der Waals surface area contributed by atoms with E-state index in [0.29, 0.717) is 6.42 Å². The lowest BCUT2D eigenvalue weighted by Gasteiger charge is -2.25. The molecule has 0 bridgehead atoms. The first-order valence-corrected chi connectivity index (χ1v) is 10.3. The maximum atomic E-state index is 12.8. The lowest BCUT2D eigenvalue weighted by molar-refractivity contribution is -0.140. The van der Waals surface area contributed by atoms with Crippen LogP contribution < -0.4 is 16.8 Å². The Bertz CT molecular complexity index is 679. The molecule has 0 aliphatic heterocycles. The summed E-state index contributed by atoms with van der Waals surface area (Å²) >= 11 is 0. The lowest BCUT2D eigenvalue weighted by Crippen LogP contribution is -2.51. The van der Waals surface area contributed by atoms with E-state index in [1.54, 1.807) is 13.8 Å². The Hall–Kier alpha value is -2.13. The maximum Gasteiger partial charge on any atom is 0.226 e. The van der Waals surface area contributed by atoms with Crippen LogP contribution in [0.3, 0.4) is 0 Å². The summed E-state index contributed by atoms with van der Waals surface area (Å²) in [6, 6.07) is 8.54. The third-order valence-electron chi connectivity index (χ3n) is 4.89. The molecule has 0 fully saturated rings. The van der Waals surface area contributed by atoms with Gasteiger partial charge in [0.25, 0.3) is 0 Å². The van der Waals surface area contributed by atoms with Gasteiger partial charge in [-0.05, 0) is 25.5 Å². The molecule has 168 valence electrons. The summed E-state index contributed by atoms with van der Waals surface area (Å²) in [4.78, 5) is 37.7. The van der Waals surface area contributed by atoms with Gasteiger partial charge < -0.3 is 26.6 Å². The van der Waals surface area contributed by atoms with E-state index >= 15 is 0 Å². The van der Waals surface area contributed by atoms with Gasteiger partial charge in [-0.1, -0.05) is 44.2 Å². The van der Waals surface area contributed by atoms with Crippen LogP contribution in [0, 0.1) is 11.8 Å². The molecule has 1 unspecified atom stereocenters. The maximum absolute atomic E-state index is 12.8. The topological polar surface area (TPSA) is 145 Å². The Balaban J connectivity index is 2.80. The number of ether oxygens (including phenoxy) is 1. The standard InChI is InChI=1S/C22H35N3O5/c1-14(2)21(28)18(12-24)25-22(29)17(15(3)26)11-19(27)20(9-10-23)30-13-16-7-5-4-6-8-16/h4-8,14-15,17-18,20,26H,9-13,23-24H2,1-3H3,(H,25,29)/t15?,17-,18-,20-/m0/s1. The average Bonchev–Trinajstić information content (AvgIpc) is 2.72. The number of nitrogens with two attached hydrogens (primary N) is 2. The minimum atomic E-state index is -1.09. The van der Waals surface area contributed by atoms with E-state index in [4.69, 9.17) is 16.2 Å². The van der Waals surface area contributed by atoms with Crippen molar-refractivity contribution in [3.63, 3.8) is 0 Å². The highest BCUT2D eigenvalue weighted by molar-refractivity contribution is 5.93. The first-order chi connectivity index (χ1) is 14.2. The van der Waals surface area contributed by atoms with E-state index in [2.05, 4.69) is 5.32 Å². The van der Waals surface area contributed by atoms with Crippen LogP contribution in [0.2, 0.25) is 0 Å². The predicted octanol–water partition coefficient (Wildman–Crippen LogP) is 0.545. The van der Waals surface area contributed by atoms with E-state index < -0.39 is 30.1 Å². The molecule has 8 heteroatoms. The van der Waals surface area contributed by atoms with Gasteiger partial charge in [0.2, 0.25) is 5.91 Å². The number of aliphatic hydroxyl groups excluding tert-OH is 1. The van der Waals surface area contributed by atoms with Gasteiger partial charge in [-0.25, -0.2) is 0 Å². The number of aliphatic hydroxyl groups is 1. The molecule has 6 N–H and O–H groups in total. The van der Waals surface area contributed by atoms with Crippen LogP contribution in [0.15, 0.2) is 30.3 Å². The van der Waals surface area contributed by atoms with Gasteiger partial charge in [0.1, 0.15) is 6.10 Å². The second-order valence-electron chi connectivity index (χ2n) is 7.73. The van der Waals surface area contributed by atoms with Crippen LogP contribution in [-0.2, 0) is 25.7 Å². The smallest absolute Gasteiger partial charge is 0.226 e. The van der Waals surface area contributed by atoms with E-state index in [-0.39, 0.29) is 43.6 Å². The second-order valence-corrected chi connectivity index (χ2v) is 7.73. The van der Waals surface area contributed by atoms with Crippen LogP contribution in [0.5, 0.6) is 0 Å². The van der Waals surface area contributed by atoms with Gasteiger partial charge >= 0.3 is 0 Å². The minimum Gasteiger partial charge on any atom is -0.393 e. The molecular formula is C22H35N3O5. The number of nitrogens with one attached hydrogen (secondary N) is 1. The molecule has 4 atom stereocenters. The number of benzene rings is 1. The molecule has 0 radical (unpaired) electrons. The summed E-state index contributed by atoms with van der Waals surface area (Å²) in [7, 11) is 0. The van der Waals surface area contributed by atoms with Crippen molar-refractivity contribution >= 4 is 17.5 Å². The second kappa shape index (κ2) is 13.2. The number of ketones is 2. The van der Waals surface area contributed by atoms with Crippen LogP contribution >= 0.6 is 0 Å². The molecule has 1 aromatic carbocycles. The minimum absolute atomic E-state index is 0.0563. The largest absolute Gasteiger partial charge is 0.393 e. The van der Waals surface area contributed by atoms with E-state index in [0.717, 1.165) is 5.56 Å². The first-order valence-electron chi connectivity index (χ1n) is 10.3. The lowest BCUT2D eigenvalue weighted by atomic mass is 9.92. The van der Waals surface area contributed by atoms with E-state index in [1.165, 1.54) is 6.92 Å². The molecular weight excluding hydrogens is 386 g/mol. The van der Waals surface area contributed by atoms with Crippen molar-refractivity contribution < 1.29 is 24.2 Å². The van der Waals surface area contributed by atoms with E-state index in [9.17, 15) is 19.5 Å². The molecule has 30 heavy (non-hydrogen) atoms. The zero-order valence-corrected chi connectivity index (χ0v) is 18.0. The number of rotatable bonds is 14. The number of carbonyl (C=O) groups is 3. The highest BCUT2D eigenvalue weighted by Gasteiger charge is 2.32. The molecule has 8 nitrogen and oxygen atoms in total. The van der Waals surface area contributed by atoms with Gasteiger partial charge in [-0.3, -0.25) is 14.4 Å². The van der Waals surface area contributed by atoms with Gasteiger partial charge in [0.15, 0.2) is 11.6 Å². The van der Waals surface area contributed by atoms with E-state index in [1.807, 2.05) is 30.3 Å². The molecule has 1 rings (SSSR count). The van der Waals surface area contributed by atoms with Crippen molar-refractivity contribution in [2.24, 2.45) is 23.3 Å². The van der Waals surface area contributed by atoms with Crippen molar-refractivity contribution in [1.82, 2.24) is 5.32 Å². The SMILES string of the molecule is CC(C)C(=O)[C@H](CN)NC(=O)[C@@H](CC(=O)[C@H](CCN)OCc1ccccc1)C(C)O. The van der Waals surface area contributed by atoms with Crippen molar-refractivity contribution in [1.29, 1.82) is 0 Å². The molecule has 0 heterocycles. The fourth-order valence-electron chi connectivity index (χ4n) is 3.02. The number of Topliss-reactive ketones (excluding diaryl/α,β-unsaturated/α-hetero) is 2. The van der Waals surface area contributed by atoms with Gasteiger partial charge in [0, 0.05) is 18.9 Å². The zero-order valence-electron chi connectivity index (χ0n) is 18.0. The summed E-state index contributed by atoms with van der Waals surface area (Å²) in [6.07, 6.45) is -1.80. The fraction of sp³-hybridized carbons (Fsp3) is 0.591. The zero-order chi connectivity index (χ0) is 22.7. The van der Waals surface area contributed by atoms with Gasteiger partial charge in [-0.15, -0.1) is 0 Å². The highest BCUT2D eigenvalue weighted by Crippen LogP contribution is 2.16. The Morgan fingerprint density at radius 1 is 1.10 bits per heavy atom. The molecule has 0 saturated carbocycles. The summed E-state index contributed by atoms with van der Waals surface area (Å²) < 4.78 is 5.75. The summed E-state index contributed by atoms with van der Waals surface area (Å²) in [5, 5.41) is 12.7. The third kappa shape index (κ3) is 8.31. The Kier molecular flexibility index (Phi) is 11.4. The van der Waals surface area contributed by atoms with Crippen molar-refractivity contribution in [3.05, 3.63) is 35.9 Å². The van der Waals surface area contributed by atoms with Crippen LogP contribution in [0.4, 0.5) is 0 Å². The monoisotopic (exact) mass is 421 g/mol. The first kappa shape index (κ1) is 25.9. The van der Waals surface area contributed by atoms with Crippen LogP contribution in [0.1, 0.15) is 39.2 Å². The molecule has 0 spiro atoms. The average molecular weight is 422 g/mol. The van der Waals surface area contributed by atoms with Crippen molar-refractivity contribution in [2.75, 3.05) is 13.1 Å². The summed E-state index contributed by atoms with van der Waals surface area (Å²) in [5.74, 6) is -2.43. The van der Waals surface area contributed by atoms with Gasteiger partial charge in [0.05, 0.1) is 24.7 Å². The van der Waals surface area contributed by atoms with Crippen molar-refractivity contribution in [3.8, 4) is 0 Å². The van der Waals surface area contributed by atoms with Crippen LogP contribution in [0.25, 0.3) is 0 Å². The molecule has 0 saturated heterocycles. The van der Waals surface area contributed by atoms with Crippen LogP contribution in [-0.4, -0.2) is 53.9 Å². The Morgan fingerprint density at radius 3 is 2.23 bits per heavy atom. The highest BCUT2D eigenvalue weighted by atomic mass is 16.5.